The highest BCUT2D eigenvalue weighted by molar-refractivity contribution is 5.77. The molecule has 2 bridgehead atoms. The van der Waals surface area contributed by atoms with E-state index in [1.807, 2.05) is 18.2 Å². The minimum atomic E-state index is 0.119. The first-order valence-corrected chi connectivity index (χ1v) is 16.7. The maximum atomic E-state index is 13.3. The molecule has 3 atom stereocenters. The maximum absolute atomic E-state index is 13.3. The average molecular weight is 591 g/mol. The summed E-state index contributed by atoms with van der Waals surface area (Å²) in [6, 6.07) is 29.6. The molecule has 0 saturated carbocycles. The van der Waals surface area contributed by atoms with Gasteiger partial charge in [0.05, 0.1) is 18.1 Å². The fraction of sp³-hybridized carbons (Fsp3) is 0.474. The van der Waals surface area contributed by atoms with Crippen molar-refractivity contribution in [2.45, 2.75) is 88.3 Å². The molecular formula is C38H46N4O2. The summed E-state index contributed by atoms with van der Waals surface area (Å²) in [4.78, 5) is 23.2. The number of ether oxygens (including phenoxy) is 1. The zero-order valence-corrected chi connectivity index (χ0v) is 26.3. The number of aryl methyl sites for hydroxylation is 2. The lowest BCUT2D eigenvalue weighted by atomic mass is 9.70. The number of benzene rings is 3. The number of imidazole rings is 1. The number of amides is 1. The highest BCUT2D eigenvalue weighted by atomic mass is 16.5. The SMILES string of the molecule is COc1ccccc1CCC(=O)N1CCC(CCN2[C@@H]3CC[C@H]2C[C@@H](n2c(C)nc4ccccc42)C3)(c2ccccc2)CC1. The summed E-state index contributed by atoms with van der Waals surface area (Å²) in [7, 11) is 1.70. The fourth-order valence-electron chi connectivity index (χ4n) is 8.76. The molecule has 1 amide bonds. The number of para-hydroxylation sites is 3. The summed E-state index contributed by atoms with van der Waals surface area (Å²) < 4.78 is 8.04. The van der Waals surface area contributed by atoms with Gasteiger partial charge in [0, 0.05) is 37.6 Å². The predicted molar refractivity (Wildman–Crippen MR) is 176 cm³/mol. The van der Waals surface area contributed by atoms with Crippen molar-refractivity contribution in [1.82, 2.24) is 19.4 Å². The molecule has 7 rings (SSSR count). The van der Waals surface area contributed by atoms with E-state index in [1.165, 1.54) is 36.8 Å². The lowest BCUT2D eigenvalue weighted by Gasteiger charge is -2.45. The van der Waals surface area contributed by atoms with Gasteiger partial charge >= 0.3 is 0 Å². The average Bonchev–Trinajstić information content (AvgIpc) is 3.53. The molecule has 0 unspecified atom stereocenters. The van der Waals surface area contributed by atoms with Crippen molar-refractivity contribution in [2.75, 3.05) is 26.7 Å². The molecule has 3 saturated heterocycles. The molecular weight excluding hydrogens is 544 g/mol. The van der Waals surface area contributed by atoms with Gasteiger partial charge in [0.15, 0.2) is 0 Å². The third kappa shape index (κ3) is 5.53. The van der Waals surface area contributed by atoms with Crippen molar-refractivity contribution >= 4 is 16.9 Å². The molecule has 230 valence electrons. The number of piperidine rings is 2. The second-order valence-electron chi connectivity index (χ2n) is 13.4. The van der Waals surface area contributed by atoms with E-state index in [-0.39, 0.29) is 11.3 Å². The van der Waals surface area contributed by atoms with Crippen LogP contribution in [0.15, 0.2) is 78.9 Å². The van der Waals surface area contributed by atoms with Crippen molar-refractivity contribution in [3.05, 3.63) is 95.8 Å². The Kier molecular flexibility index (Phi) is 8.19. The van der Waals surface area contributed by atoms with Gasteiger partial charge in [-0.2, -0.15) is 0 Å². The van der Waals surface area contributed by atoms with Gasteiger partial charge in [-0.25, -0.2) is 4.98 Å². The lowest BCUT2D eigenvalue weighted by molar-refractivity contribution is -0.132. The van der Waals surface area contributed by atoms with Crippen LogP contribution in [0.3, 0.4) is 0 Å². The van der Waals surface area contributed by atoms with Crippen LogP contribution < -0.4 is 4.74 Å². The zero-order chi connectivity index (χ0) is 30.1. The van der Waals surface area contributed by atoms with E-state index in [1.54, 1.807) is 7.11 Å². The van der Waals surface area contributed by atoms with Crippen LogP contribution in [-0.2, 0) is 16.6 Å². The standard InChI is InChI=1S/C38H46N4O2/c1-28-39-34-13-7-8-14-35(34)42(28)33-26-31-17-18-32(27-33)41(31)25-22-38(30-11-4-3-5-12-30)20-23-40(24-21-38)37(43)19-16-29-10-6-9-15-36(29)44-2/h3-15,31-33H,16-27H2,1-2H3/t31-,32+,33+. The number of likely N-dealkylation sites (tertiary alicyclic amines) is 1. The van der Waals surface area contributed by atoms with Crippen LogP contribution in [0.5, 0.6) is 5.75 Å². The molecule has 6 heteroatoms. The molecule has 0 N–H and O–H groups in total. The number of nitrogens with zero attached hydrogens (tertiary/aromatic N) is 4. The van der Waals surface area contributed by atoms with E-state index in [0.29, 0.717) is 24.5 Å². The summed E-state index contributed by atoms with van der Waals surface area (Å²) in [6.45, 7) is 4.99. The van der Waals surface area contributed by atoms with Gasteiger partial charge in [-0.05, 0) is 99.6 Å². The molecule has 3 fully saturated rings. The zero-order valence-electron chi connectivity index (χ0n) is 26.3. The number of aromatic nitrogens is 2. The molecule has 0 radical (unpaired) electrons. The number of hydrogen-bond donors (Lipinski definition) is 0. The molecule has 0 aliphatic carbocycles. The van der Waals surface area contributed by atoms with Crippen molar-refractivity contribution in [2.24, 2.45) is 0 Å². The third-order valence-corrected chi connectivity index (χ3v) is 11.1. The Balaban J connectivity index is 1.01. The summed E-state index contributed by atoms with van der Waals surface area (Å²) in [6.07, 6.45) is 9.51. The molecule has 6 nitrogen and oxygen atoms in total. The van der Waals surface area contributed by atoms with Crippen molar-refractivity contribution in [3.63, 3.8) is 0 Å². The van der Waals surface area contributed by atoms with Crippen molar-refractivity contribution < 1.29 is 9.53 Å². The normalized spacial score (nSPS) is 23.2. The monoisotopic (exact) mass is 590 g/mol. The second-order valence-corrected chi connectivity index (χ2v) is 13.4. The summed E-state index contributed by atoms with van der Waals surface area (Å²) in [5.74, 6) is 2.28. The number of carbonyl (C=O) groups excluding carboxylic acids is 1. The summed E-state index contributed by atoms with van der Waals surface area (Å²) >= 11 is 0. The Morgan fingerprint density at radius 3 is 2.32 bits per heavy atom. The molecule has 1 aromatic heterocycles. The molecule has 44 heavy (non-hydrogen) atoms. The van der Waals surface area contributed by atoms with Crippen LogP contribution in [0, 0.1) is 6.92 Å². The third-order valence-electron chi connectivity index (χ3n) is 11.1. The van der Waals surface area contributed by atoms with Gasteiger partial charge < -0.3 is 14.2 Å². The van der Waals surface area contributed by atoms with E-state index in [2.05, 4.69) is 82.0 Å². The van der Waals surface area contributed by atoms with Gasteiger partial charge in [0.2, 0.25) is 5.91 Å². The minimum Gasteiger partial charge on any atom is -0.496 e. The van der Waals surface area contributed by atoms with Crippen LogP contribution >= 0.6 is 0 Å². The van der Waals surface area contributed by atoms with Gasteiger partial charge in [-0.1, -0.05) is 60.7 Å². The van der Waals surface area contributed by atoms with E-state index >= 15 is 0 Å². The Morgan fingerprint density at radius 1 is 0.886 bits per heavy atom. The Bertz CT molecular complexity index is 1570. The highest BCUT2D eigenvalue weighted by Crippen LogP contribution is 2.45. The number of carbonyl (C=O) groups is 1. The quantitative estimate of drug-likeness (QED) is 0.209. The van der Waals surface area contributed by atoms with Crippen LogP contribution in [0.4, 0.5) is 0 Å². The molecule has 3 aliphatic heterocycles. The summed E-state index contributed by atoms with van der Waals surface area (Å²) in [5, 5.41) is 0. The molecule has 3 aliphatic rings. The Morgan fingerprint density at radius 2 is 1.57 bits per heavy atom. The van der Waals surface area contributed by atoms with E-state index in [4.69, 9.17) is 9.72 Å². The smallest absolute Gasteiger partial charge is 0.222 e. The maximum Gasteiger partial charge on any atom is 0.222 e. The first kappa shape index (κ1) is 29.1. The van der Waals surface area contributed by atoms with Gasteiger partial charge in [-0.3, -0.25) is 9.69 Å². The predicted octanol–water partition coefficient (Wildman–Crippen LogP) is 7.10. The Hall–Kier alpha value is -3.64. The van der Waals surface area contributed by atoms with Crippen LogP contribution in [0.2, 0.25) is 0 Å². The van der Waals surface area contributed by atoms with Crippen LogP contribution in [0.25, 0.3) is 11.0 Å². The van der Waals surface area contributed by atoms with Gasteiger partial charge in [-0.15, -0.1) is 0 Å². The number of fused-ring (bicyclic) bond motifs is 3. The minimum absolute atomic E-state index is 0.119. The molecule has 4 heterocycles. The first-order valence-electron chi connectivity index (χ1n) is 16.7. The molecule has 0 spiro atoms. The highest BCUT2D eigenvalue weighted by Gasteiger charge is 2.44. The van der Waals surface area contributed by atoms with Gasteiger partial charge in [0.1, 0.15) is 11.6 Å². The van der Waals surface area contributed by atoms with E-state index in [9.17, 15) is 4.79 Å². The molecule has 4 aromatic rings. The number of methoxy groups -OCH3 is 1. The molecule has 3 aromatic carbocycles. The van der Waals surface area contributed by atoms with Gasteiger partial charge in [0.25, 0.3) is 0 Å². The van der Waals surface area contributed by atoms with Crippen LogP contribution in [-0.4, -0.2) is 64.1 Å². The van der Waals surface area contributed by atoms with Crippen LogP contribution in [0.1, 0.15) is 74.4 Å². The second kappa shape index (κ2) is 12.4. The number of hydrogen-bond acceptors (Lipinski definition) is 4. The summed E-state index contributed by atoms with van der Waals surface area (Å²) in [5.41, 5.74) is 5.08. The number of rotatable bonds is 9. The van der Waals surface area contributed by atoms with E-state index in [0.717, 1.165) is 68.0 Å². The van der Waals surface area contributed by atoms with E-state index < -0.39 is 0 Å². The first-order chi connectivity index (χ1) is 21.5. The fourth-order valence-corrected chi connectivity index (χ4v) is 8.76. The van der Waals surface area contributed by atoms with Crippen molar-refractivity contribution in [3.8, 4) is 5.75 Å². The Labute approximate surface area is 262 Å². The van der Waals surface area contributed by atoms with Crippen molar-refractivity contribution in [1.29, 1.82) is 0 Å². The lowest BCUT2D eigenvalue weighted by Crippen LogP contribution is -2.49. The topological polar surface area (TPSA) is 50.6 Å². The largest absolute Gasteiger partial charge is 0.496 e.